The largest absolute Gasteiger partial charge is 0.441 e. The molecule has 0 aliphatic heterocycles. The second-order valence-electron chi connectivity index (χ2n) is 1.71. The second kappa shape index (κ2) is 3.50. The summed E-state index contributed by atoms with van der Waals surface area (Å²) in [4.78, 5) is 24.2. The van der Waals surface area contributed by atoms with Gasteiger partial charge in [-0.1, -0.05) is 0 Å². The van der Waals surface area contributed by atoms with Gasteiger partial charge in [0.05, 0.1) is 0 Å². The summed E-state index contributed by atoms with van der Waals surface area (Å²) in [7, 11) is 0. The predicted octanol–water partition coefficient (Wildman–Crippen LogP) is 0.0667. The monoisotopic (exact) mass is 154 g/mol. The third kappa shape index (κ3) is 1.89. The summed E-state index contributed by atoms with van der Waals surface area (Å²) < 4.78 is 5.59. The third-order valence-electron chi connectivity index (χ3n) is 0.990. The number of carbonyl (C=O) groups excluding carboxylic acids is 2. The van der Waals surface area contributed by atoms with Crippen molar-refractivity contribution < 1.29 is 14.3 Å². The topological polar surface area (TPSA) is 61.2 Å². The lowest BCUT2D eigenvalue weighted by Crippen LogP contribution is -2.12. The van der Waals surface area contributed by atoms with E-state index >= 15 is 0 Å². The van der Waals surface area contributed by atoms with Gasteiger partial charge in [0.1, 0.15) is 12.9 Å². The maximum atomic E-state index is 10.8. The molecule has 0 saturated carbocycles. The number of hydrogen-bond acceptors (Lipinski definition) is 4. The van der Waals surface area contributed by atoms with Gasteiger partial charge in [0.25, 0.3) is 0 Å². The number of rotatable bonds is 2. The normalized spacial score (nSPS) is 9.09. The number of carbonyl (C=O) groups is 2. The average molecular weight is 154 g/mol. The highest BCUT2D eigenvalue weighted by Gasteiger charge is 2.02. The fourth-order valence-electron chi connectivity index (χ4n) is 0.547. The van der Waals surface area contributed by atoms with Gasteiger partial charge >= 0.3 is 6.09 Å². The summed E-state index contributed by atoms with van der Waals surface area (Å²) in [5, 5.41) is 0. The fourth-order valence-corrected chi connectivity index (χ4v) is 0.547. The first-order chi connectivity index (χ1) is 5.34. The first-order valence-electron chi connectivity index (χ1n) is 2.93. The van der Waals surface area contributed by atoms with Crippen molar-refractivity contribution >= 4 is 12.4 Å². The molecule has 0 aromatic carbocycles. The molecule has 1 rings (SSSR count). The van der Waals surface area contributed by atoms with E-state index in [1.807, 2.05) is 0 Å². The molecule has 0 amide bonds. The van der Waals surface area contributed by atoms with E-state index in [0.29, 0.717) is 6.29 Å². The molecule has 0 aliphatic rings. The molecule has 0 N–H and O–H groups in total. The molecule has 0 fully saturated rings. The minimum Gasteiger partial charge on any atom is -0.441 e. The van der Waals surface area contributed by atoms with Crippen LogP contribution in [0.4, 0.5) is 4.79 Å². The smallest absolute Gasteiger partial charge is 0.419 e. The second-order valence-corrected chi connectivity index (χ2v) is 1.71. The van der Waals surface area contributed by atoms with E-state index in [1.54, 1.807) is 0 Å². The molecular weight excluding hydrogens is 148 g/mol. The van der Waals surface area contributed by atoms with Gasteiger partial charge in [-0.25, -0.2) is 14.3 Å². The van der Waals surface area contributed by atoms with Gasteiger partial charge < -0.3 is 4.74 Å². The van der Waals surface area contributed by atoms with E-state index in [2.05, 4.69) is 9.72 Å². The van der Waals surface area contributed by atoms with Crippen LogP contribution in [0.15, 0.2) is 18.7 Å². The van der Waals surface area contributed by atoms with Gasteiger partial charge in [0, 0.05) is 12.4 Å². The number of ether oxygens (including phenoxy) is 1. The van der Waals surface area contributed by atoms with Crippen LogP contribution in [0.5, 0.6) is 0 Å². The standard InChI is InChI=1S/C6H6N2O3/c9-3-4-11-6(10)8-2-1-7-5-8/h1-3,5H,4H2. The number of nitrogens with zero attached hydrogens (tertiary/aromatic N) is 2. The highest BCUT2D eigenvalue weighted by Crippen LogP contribution is 1.87. The highest BCUT2D eigenvalue weighted by atomic mass is 16.6. The van der Waals surface area contributed by atoms with Crippen molar-refractivity contribution in [1.82, 2.24) is 9.55 Å². The molecule has 0 radical (unpaired) electrons. The Bertz CT molecular complexity index is 242. The van der Waals surface area contributed by atoms with E-state index in [1.165, 1.54) is 18.7 Å². The van der Waals surface area contributed by atoms with E-state index in [-0.39, 0.29) is 6.61 Å². The molecule has 0 aliphatic carbocycles. The van der Waals surface area contributed by atoms with Crippen molar-refractivity contribution in [3.05, 3.63) is 18.7 Å². The van der Waals surface area contributed by atoms with Crippen LogP contribution in [0.3, 0.4) is 0 Å². The summed E-state index contributed by atoms with van der Waals surface area (Å²) in [6.45, 7) is -0.225. The molecule has 0 saturated heterocycles. The van der Waals surface area contributed by atoms with Crippen molar-refractivity contribution in [2.75, 3.05) is 6.61 Å². The zero-order valence-corrected chi connectivity index (χ0v) is 5.64. The van der Waals surface area contributed by atoms with E-state index < -0.39 is 6.09 Å². The zero-order chi connectivity index (χ0) is 8.10. The summed E-state index contributed by atoms with van der Waals surface area (Å²) in [6, 6.07) is 0. The van der Waals surface area contributed by atoms with Crippen LogP contribution in [0.2, 0.25) is 0 Å². The van der Waals surface area contributed by atoms with E-state index in [0.717, 1.165) is 4.57 Å². The maximum Gasteiger partial charge on any atom is 0.419 e. The average Bonchev–Trinajstić information content (AvgIpc) is 2.52. The number of aldehydes is 1. The number of aromatic nitrogens is 2. The molecule has 11 heavy (non-hydrogen) atoms. The maximum absolute atomic E-state index is 10.8. The Kier molecular flexibility index (Phi) is 2.37. The quantitative estimate of drug-likeness (QED) is 0.565. The van der Waals surface area contributed by atoms with Crippen LogP contribution in [-0.2, 0) is 9.53 Å². The Morgan fingerprint density at radius 2 is 2.55 bits per heavy atom. The molecule has 1 aromatic heterocycles. The van der Waals surface area contributed by atoms with Crippen molar-refractivity contribution in [3.63, 3.8) is 0 Å². The first kappa shape index (κ1) is 7.46. The van der Waals surface area contributed by atoms with Crippen LogP contribution >= 0.6 is 0 Å². The van der Waals surface area contributed by atoms with Crippen LogP contribution in [-0.4, -0.2) is 28.5 Å². The Morgan fingerprint density at radius 3 is 3.09 bits per heavy atom. The van der Waals surface area contributed by atoms with Crippen LogP contribution < -0.4 is 0 Å². The van der Waals surface area contributed by atoms with Gasteiger partial charge in [0.2, 0.25) is 0 Å². The van der Waals surface area contributed by atoms with Gasteiger partial charge in [-0.05, 0) is 0 Å². The van der Waals surface area contributed by atoms with Crippen molar-refractivity contribution in [1.29, 1.82) is 0 Å². The molecule has 0 spiro atoms. The summed E-state index contributed by atoms with van der Waals surface area (Å²) in [5.41, 5.74) is 0. The minimum absolute atomic E-state index is 0.225. The Morgan fingerprint density at radius 1 is 1.73 bits per heavy atom. The molecule has 5 heteroatoms. The van der Waals surface area contributed by atoms with Gasteiger partial charge in [-0.3, -0.25) is 4.79 Å². The van der Waals surface area contributed by atoms with Crippen LogP contribution in [0, 0.1) is 0 Å². The summed E-state index contributed by atoms with van der Waals surface area (Å²) in [5.74, 6) is 0. The molecule has 0 bridgehead atoms. The van der Waals surface area contributed by atoms with Crippen molar-refractivity contribution in [3.8, 4) is 0 Å². The fraction of sp³-hybridized carbons (Fsp3) is 0.167. The van der Waals surface area contributed by atoms with E-state index in [9.17, 15) is 9.59 Å². The van der Waals surface area contributed by atoms with E-state index in [4.69, 9.17) is 0 Å². The van der Waals surface area contributed by atoms with Crippen molar-refractivity contribution in [2.24, 2.45) is 0 Å². The SMILES string of the molecule is O=CCOC(=O)n1ccnc1. The summed E-state index contributed by atoms with van der Waals surface area (Å²) >= 11 is 0. The minimum atomic E-state index is -0.602. The lowest BCUT2D eigenvalue weighted by molar-refractivity contribution is -0.110. The van der Waals surface area contributed by atoms with Gasteiger partial charge in [-0.2, -0.15) is 0 Å². The Balaban J connectivity index is 2.49. The van der Waals surface area contributed by atoms with Crippen LogP contribution in [0.1, 0.15) is 0 Å². The van der Waals surface area contributed by atoms with Crippen LogP contribution in [0.25, 0.3) is 0 Å². The van der Waals surface area contributed by atoms with Gasteiger partial charge in [-0.15, -0.1) is 0 Å². The lowest BCUT2D eigenvalue weighted by Gasteiger charge is -1.98. The third-order valence-corrected chi connectivity index (χ3v) is 0.990. The summed E-state index contributed by atoms with van der Waals surface area (Å²) in [6.07, 6.45) is 4.09. The predicted molar refractivity (Wildman–Crippen MR) is 35.0 cm³/mol. The number of imidazole rings is 1. The zero-order valence-electron chi connectivity index (χ0n) is 5.64. The molecule has 0 unspecified atom stereocenters. The molecule has 1 heterocycles. The molecular formula is C6H6N2O3. The molecule has 0 atom stereocenters. The molecule has 58 valence electrons. The molecule has 5 nitrogen and oxygen atoms in total. The molecule has 1 aromatic rings. The lowest BCUT2D eigenvalue weighted by atomic mass is 10.8. The first-order valence-corrected chi connectivity index (χ1v) is 2.93. The Hall–Kier alpha value is -1.65. The Labute approximate surface area is 62.6 Å². The highest BCUT2D eigenvalue weighted by molar-refractivity contribution is 5.71. The van der Waals surface area contributed by atoms with Gasteiger partial charge in [0.15, 0.2) is 6.29 Å². The number of hydrogen-bond donors (Lipinski definition) is 0. The van der Waals surface area contributed by atoms with Crippen molar-refractivity contribution in [2.45, 2.75) is 0 Å².